The number of rotatable bonds is 5. The average Bonchev–Trinajstić information content (AvgIpc) is 2.95. The fourth-order valence-corrected chi connectivity index (χ4v) is 3.74. The van der Waals surface area contributed by atoms with E-state index >= 15 is 0 Å². The number of carbonyl (C=O) groups excluding carboxylic acids is 2. The third kappa shape index (κ3) is 3.68. The van der Waals surface area contributed by atoms with Gasteiger partial charge < -0.3 is 5.32 Å². The number of hydrogen-bond donors (Lipinski definition) is 1. The molecule has 25 heavy (non-hydrogen) atoms. The number of amides is 3. The highest BCUT2D eigenvalue weighted by Crippen LogP contribution is 2.20. The summed E-state index contributed by atoms with van der Waals surface area (Å²) in [4.78, 5) is 32.5. The minimum atomic E-state index is -0.798. The van der Waals surface area contributed by atoms with Crippen LogP contribution in [0.1, 0.15) is 44.8 Å². The molecular formula is C17H28N6O2. The Hall–Kier alpha value is -1.96. The molecule has 0 radical (unpaired) electrons. The SMILES string of the molecule is Cc1nc(C)n(C[C@H]2CCCCN2CCN2C(=O)NC(C)(C)C2=O)n1. The minimum absolute atomic E-state index is 0.145. The molecule has 0 aromatic carbocycles. The van der Waals surface area contributed by atoms with Crippen LogP contribution in [0.2, 0.25) is 0 Å². The van der Waals surface area contributed by atoms with Crippen molar-refractivity contribution in [1.29, 1.82) is 0 Å². The van der Waals surface area contributed by atoms with Crippen molar-refractivity contribution >= 4 is 11.9 Å². The fraction of sp³-hybridized carbons (Fsp3) is 0.765. The zero-order chi connectivity index (χ0) is 18.2. The van der Waals surface area contributed by atoms with Gasteiger partial charge in [0.15, 0.2) is 0 Å². The van der Waals surface area contributed by atoms with E-state index in [0.717, 1.165) is 37.6 Å². The van der Waals surface area contributed by atoms with E-state index in [0.29, 0.717) is 19.1 Å². The van der Waals surface area contributed by atoms with Crippen molar-refractivity contribution in [3.63, 3.8) is 0 Å². The summed E-state index contributed by atoms with van der Waals surface area (Å²) in [5.74, 6) is 1.58. The Bertz CT molecular complexity index is 668. The zero-order valence-electron chi connectivity index (χ0n) is 15.6. The van der Waals surface area contributed by atoms with Gasteiger partial charge in [-0.2, -0.15) is 5.10 Å². The van der Waals surface area contributed by atoms with Gasteiger partial charge in [0, 0.05) is 19.1 Å². The molecule has 2 fully saturated rings. The van der Waals surface area contributed by atoms with Crippen molar-refractivity contribution < 1.29 is 9.59 Å². The molecule has 1 atom stereocenters. The molecule has 0 saturated carbocycles. The van der Waals surface area contributed by atoms with Crippen LogP contribution in [0.25, 0.3) is 0 Å². The van der Waals surface area contributed by atoms with Gasteiger partial charge >= 0.3 is 6.03 Å². The van der Waals surface area contributed by atoms with Crippen molar-refractivity contribution in [1.82, 2.24) is 29.9 Å². The molecule has 8 nitrogen and oxygen atoms in total. The second-order valence-electron chi connectivity index (χ2n) is 7.59. The van der Waals surface area contributed by atoms with Gasteiger partial charge in [-0.3, -0.25) is 14.6 Å². The Morgan fingerprint density at radius 1 is 1.20 bits per heavy atom. The van der Waals surface area contributed by atoms with E-state index in [-0.39, 0.29) is 11.9 Å². The largest absolute Gasteiger partial charge is 0.325 e. The molecule has 138 valence electrons. The quantitative estimate of drug-likeness (QED) is 0.805. The standard InChI is InChI=1S/C17H28N6O2/c1-12-18-13(2)23(20-12)11-14-7-5-6-8-21(14)9-10-22-15(24)17(3,4)19-16(22)25/h14H,5-11H2,1-4H3,(H,19,25)/t14-/m1/s1. The lowest BCUT2D eigenvalue weighted by Crippen LogP contribution is -2.47. The maximum Gasteiger partial charge on any atom is 0.325 e. The summed E-state index contributed by atoms with van der Waals surface area (Å²) in [6, 6.07) is 0.0774. The summed E-state index contributed by atoms with van der Waals surface area (Å²) in [6.07, 6.45) is 3.45. The zero-order valence-corrected chi connectivity index (χ0v) is 15.6. The van der Waals surface area contributed by atoms with Gasteiger partial charge in [-0.25, -0.2) is 14.5 Å². The van der Waals surface area contributed by atoms with Gasteiger partial charge in [-0.15, -0.1) is 0 Å². The number of imide groups is 1. The molecular weight excluding hydrogens is 320 g/mol. The van der Waals surface area contributed by atoms with Crippen molar-refractivity contribution in [3.8, 4) is 0 Å². The second-order valence-corrected chi connectivity index (χ2v) is 7.59. The van der Waals surface area contributed by atoms with Gasteiger partial charge in [0.2, 0.25) is 0 Å². The van der Waals surface area contributed by atoms with Crippen LogP contribution < -0.4 is 5.32 Å². The van der Waals surface area contributed by atoms with Crippen LogP contribution in [0.5, 0.6) is 0 Å². The number of aryl methyl sites for hydroxylation is 2. The number of carbonyl (C=O) groups is 2. The number of urea groups is 1. The molecule has 0 unspecified atom stereocenters. The summed E-state index contributed by atoms with van der Waals surface area (Å²) < 4.78 is 1.97. The summed E-state index contributed by atoms with van der Waals surface area (Å²) in [6.45, 7) is 10.3. The van der Waals surface area contributed by atoms with Crippen molar-refractivity contribution in [2.75, 3.05) is 19.6 Å². The van der Waals surface area contributed by atoms with E-state index in [1.165, 1.54) is 11.3 Å². The van der Waals surface area contributed by atoms with Crippen molar-refractivity contribution in [2.45, 2.75) is 65.1 Å². The van der Waals surface area contributed by atoms with Crippen molar-refractivity contribution in [2.24, 2.45) is 0 Å². The molecule has 3 heterocycles. The minimum Gasteiger partial charge on any atom is -0.324 e. The van der Waals surface area contributed by atoms with Gasteiger partial charge in [0.1, 0.15) is 17.2 Å². The lowest BCUT2D eigenvalue weighted by molar-refractivity contribution is -0.130. The van der Waals surface area contributed by atoms with Crippen LogP contribution in [-0.4, -0.2) is 67.7 Å². The van der Waals surface area contributed by atoms with Gasteiger partial charge in [-0.1, -0.05) is 6.42 Å². The van der Waals surface area contributed by atoms with Crippen LogP contribution in [0.4, 0.5) is 4.79 Å². The molecule has 1 N–H and O–H groups in total. The summed E-state index contributed by atoms with van der Waals surface area (Å²) in [5.41, 5.74) is -0.798. The monoisotopic (exact) mass is 348 g/mol. The van der Waals surface area contributed by atoms with E-state index in [2.05, 4.69) is 20.3 Å². The first-order chi connectivity index (χ1) is 11.8. The highest BCUT2D eigenvalue weighted by atomic mass is 16.2. The Balaban J connectivity index is 1.63. The first kappa shape index (κ1) is 17.8. The smallest absolute Gasteiger partial charge is 0.324 e. The molecule has 0 aliphatic carbocycles. The van der Waals surface area contributed by atoms with Crippen LogP contribution >= 0.6 is 0 Å². The highest BCUT2D eigenvalue weighted by molar-refractivity contribution is 6.06. The third-order valence-corrected chi connectivity index (χ3v) is 5.15. The van der Waals surface area contributed by atoms with E-state index < -0.39 is 5.54 Å². The van der Waals surface area contributed by atoms with Crippen LogP contribution in [0.3, 0.4) is 0 Å². The number of piperidine rings is 1. The molecule has 8 heteroatoms. The van der Waals surface area contributed by atoms with E-state index in [9.17, 15) is 9.59 Å². The molecule has 3 rings (SSSR count). The maximum atomic E-state index is 12.3. The Labute approximate surface area is 148 Å². The first-order valence-corrected chi connectivity index (χ1v) is 9.04. The van der Waals surface area contributed by atoms with Crippen molar-refractivity contribution in [3.05, 3.63) is 11.6 Å². The Kier molecular flexibility index (Phi) is 4.81. The van der Waals surface area contributed by atoms with Crippen LogP contribution in [0.15, 0.2) is 0 Å². The normalized spacial score (nSPS) is 24.0. The van der Waals surface area contributed by atoms with Crippen LogP contribution in [0, 0.1) is 13.8 Å². The highest BCUT2D eigenvalue weighted by Gasteiger charge is 2.44. The lowest BCUT2D eigenvalue weighted by atomic mass is 10.0. The lowest BCUT2D eigenvalue weighted by Gasteiger charge is -2.36. The predicted molar refractivity (Wildman–Crippen MR) is 93.0 cm³/mol. The Morgan fingerprint density at radius 2 is 1.96 bits per heavy atom. The van der Waals surface area contributed by atoms with E-state index in [1.54, 1.807) is 13.8 Å². The van der Waals surface area contributed by atoms with E-state index in [1.807, 2.05) is 18.5 Å². The molecule has 0 spiro atoms. The Morgan fingerprint density at radius 3 is 2.56 bits per heavy atom. The molecule has 3 amide bonds. The first-order valence-electron chi connectivity index (χ1n) is 9.04. The van der Waals surface area contributed by atoms with Gasteiger partial charge in [0.25, 0.3) is 5.91 Å². The molecule has 2 aliphatic heterocycles. The number of nitrogens with one attached hydrogen (secondary N) is 1. The van der Waals surface area contributed by atoms with Crippen LogP contribution in [-0.2, 0) is 11.3 Å². The number of aromatic nitrogens is 3. The summed E-state index contributed by atoms with van der Waals surface area (Å²) in [5, 5.41) is 7.21. The maximum absolute atomic E-state index is 12.3. The summed E-state index contributed by atoms with van der Waals surface area (Å²) in [7, 11) is 0. The molecule has 2 saturated heterocycles. The number of likely N-dealkylation sites (tertiary alicyclic amines) is 1. The molecule has 1 aromatic heterocycles. The topological polar surface area (TPSA) is 83.4 Å². The van der Waals surface area contributed by atoms with Gasteiger partial charge in [-0.05, 0) is 47.1 Å². The number of nitrogens with zero attached hydrogens (tertiary/aromatic N) is 5. The second kappa shape index (κ2) is 6.74. The fourth-order valence-electron chi connectivity index (χ4n) is 3.74. The molecule has 1 aromatic rings. The average molecular weight is 348 g/mol. The summed E-state index contributed by atoms with van der Waals surface area (Å²) >= 11 is 0. The predicted octanol–water partition coefficient (Wildman–Crippen LogP) is 1.08. The van der Waals surface area contributed by atoms with Gasteiger partial charge in [0.05, 0.1) is 6.54 Å². The number of hydrogen-bond acceptors (Lipinski definition) is 5. The molecule has 0 bridgehead atoms. The van der Waals surface area contributed by atoms with E-state index in [4.69, 9.17) is 0 Å². The third-order valence-electron chi connectivity index (χ3n) is 5.15. The molecule has 2 aliphatic rings.